The summed E-state index contributed by atoms with van der Waals surface area (Å²) in [7, 11) is 0. The van der Waals surface area contributed by atoms with E-state index >= 15 is 0 Å². The first-order chi connectivity index (χ1) is 14.0. The van der Waals surface area contributed by atoms with Gasteiger partial charge in [0.05, 0.1) is 11.4 Å². The molecule has 0 saturated heterocycles. The lowest BCUT2D eigenvalue weighted by molar-refractivity contribution is -0.117. The van der Waals surface area contributed by atoms with E-state index in [-0.39, 0.29) is 16.5 Å². The first-order valence-electron chi connectivity index (χ1n) is 8.94. The van der Waals surface area contributed by atoms with Gasteiger partial charge in [0, 0.05) is 12.1 Å². The average molecular weight is 409 g/mol. The van der Waals surface area contributed by atoms with Gasteiger partial charge in [-0.3, -0.25) is 4.79 Å². The highest BCUT2D eigenvalue weighted by Gasteiger charge is 2.16. The standard InChI is InChI=1S/C22H18ClFN4O/c1-15-20(21(23)28(27-15)19-9-7-18(24)8-10-19)13-17(14-25)22(29)26-12-11-16-5-3-2-4-6-16/h2-10,13H,11-12H2,1H3,(H,26,29)/b17-13+. The zero-order valence-electron chi connectivity index (χ0n) is 15.7. The van der Waals surface area contributed by atoms with Gasteiger partial charge in [0.2, 0.25) is 0 Å². The Morgan fingerprint density at radius 2 is 1.93 bits per heavy atom. The van der Waals surface area contributed by atoms with Crippen molar-refractivity contribution in [1.29, 1.82) is 5.26 Å². The van der Waals surface area contributed by atoms with Crippen molar-refractivity contribution < 1.29 is 9.18 Å². The Hall–Kier alpha value is -3.43. The molecule has 1 heterocycles. The van der Waals surface area contributed by atoms with Crippen molar-refractivity contribution in [2.75, 3.05) is 6.54 Å². The van der Waals surface area contributed by atoms with Gasteiger partial charge in [0.25, 0.3) is 5.91 Å². The van der Waals surface area contributed by atoms with Gasteiger partial charge in [0.1, 0.15) is 22.6 Å². The number of nitrogens with one attached hydrogen (secondary N) is 1. The van der Waals surface area contributed by atoms with Crippen LogP contribution >= 0.6 is 11.6 Å². The zero-order valence-corrected chi connectivity index (χ0v) is 16.4. The molecule has 1 N–H and O–H groups in total. The maximum absolute atomic E-state index is 13.2. The maximum Gasteiger partial charge on any atom is 0.261 e. The Labute approximate surface area is 173 Å². The second kappa shape index (κ2) is 9.18. The van der Waals surface area contributed by atoms with Crippen LogP contribution in [0.15, 0.2) is 60.2 Å². The minimum absolute atomic E-state index is 0.0679. The maximum atomic E-state index is 13.2. The molecule has 0 atom stereocenters. The molecule has 0 aliphatic rings. The summed E-state index contributed by atoms with van der Waals surface area (Å²) < 4.78 is 14.6. The van der Waals surface area contributed by atoms with E-state index in [9.17, 15) is 14.4 Å². The number of hydrogen-bond donors (Lipinski definition) is 1. The number of nitrogens with zero attached hydrogens (tertiary/aromatic N) is 3. The Morgan fingerprint density at radius 3 is 2.59 bits per heavy atom. The number of nitriles is 1. The van der Waals surface area contributed by atoms with Crippen LogP contribution in [-0.4, -0.2) is 22.2 Å². The molecular weight excluding hydrogens is 391 g/mol. The molecule has 3 rings (SSSR count). The minimum atomic E-state index is -0.478. The van der Waals surface area contributed by atoms with Crippen LogP contribution in [0.5, 0.6) is 0 Å². The monoisotopic (exact) mass is 408 g/mol. The highest BCUT2D eigenvalue weighted by atomic mass is 35.5. The van der Waals surface area contributed by atoms with Gasteiger partial charge in [-0.25, -0.2) is 9.07 Å². The van der Waals surface area contributed by atoms with Gasteiger partial charge in [0.15, 0.2) is 0 Å². The topological polar surface area (TPSA) is 70.7 Å². The summed E-state index contributed by atoms with van der Waals surface area (Å²) in [6.45, 7) is 2.13. The Morgan fingerprint density at radius 1 is 1.24 bits per heavy atom. The Balaban J connectivity index is 1.77. The van der Waals surface area contributed by atoms with Gasteiger partial charge in [-0.15, -0.1) is 0 Å². The molecule has 1 aromatic heterocycles. The van der Waals surface area contributed by atoms with Crippen molar-refractivity contribution in [3.63, 3.8) is 0 Å². The van der Waals surface area contributed by atoms with Gasteiger partial charge in [-0.1, -0.05) is 41.9 Å². The van der Waals surface area contributed by atoms with Crippen molar-refractivity contribution in [2.24, 2.45) is 0 Å². The van der Waals surface area contributed by atoms with Crippen molar-refractivity contribution in [1.82, 2.24) is 15.1 Å². The summed E-state index contributed by atoms with van der Waals surface area (Å²) in [5.74, 6) is -0.846. The fraction of sp³-hybridized carbons (Fsp3) is 0.136. The number of rotatable bonds is 6. The molecule has 29 heavy (non-hydrogen) atoms. The average Bonchev–Trinajstić information content (AvgIpc) is 3.01. The Bertz CT molecular complexity index is 1080. The molecule has 146 valence electrons. The van der Waals surface area contributed by atoms with Gasteiger partial charge >= 0.3 is 0 Å². The molecule has 0 saturated carbocycles. The molecule has 0 bridgehead atoms. The molecule has 0 aliphatic carbocycles. The number of amides is 1. The molecule has 0 unspecified atom stereocenters. The first-order valence-corrected chi connectivity index (χ1v) is 9.32. The number of halogens is 2. The van der Waals surface area contributed by atoms with E-state index in [1.165, 1.54) is 22.9 Å². The van der Waals surface area contributed by atoms with E-state index in [0.717, 1.165) is 5.56 Å². The summed E-state index contributed by atoms with van der Waals surface area (Å²) in [4.78, 5) is 12.4. The van der Waals surface area contributed by atoms with Gasteiger partial charge in [-0.05, 0) is 49.2 Å². The zero-order chi connectivity index (χ0) is 20.8. The second-order valence-electron chi connectivity index (χ2n) is 6.34. The third kappa shape index (κ3) is 4.89. The SMILES string of the molecule is Cc1nn(-c2ccc(F)cc2)c(Cl)c1/C=C(\C#N)C(=O)NCCc1ccccc1. The van der Waals surface area contributed by atoms with Crippen LogP contribution in [0.4, 0.5) is 4.39 Å². The van der Waals surface area contributed by atoms with Gasteiger partial charge in [-0.2, -0.15) is 10.4 Å². The second-order valence-corrected chi connectivity index (χ2v) is 6.70. The Kier molecular flexibility index (Phi) is 6.43. The van der Waals surface area contributed by atoms with Crippen molar-refractivity contribution in [2.45, 2.75) is 13.3 Å². The van der Waals surface area contributed by atoms with Crippen LogP contribution in [0, 0.1) is 24.1 Å². The molecule has 0 aliphatic heterocycles. The fourth-order valence-corrected chi connectivity index (χ4v) is 3.11. The molecule has 2 aromatic carbocycles. The molecule has 3 aromatic rings. The molecule has 0 fully saturated rings. The largest absolute Gasteiger partial charge is 0.351 e. The van der Waals surface area contributed by atoms with E-state index in [0.29, 0.717) is 29.9 Å². The first kappa shape index (κ1) is 20.3. The van der Waals surface area contributed by atoms with E-state index < -0.39 is 5.91 Å². The normalized spacial score (nSPS) is 11.2. The molecule has 7 heteroatoms. The predicted molar refractivity (Wildman–Crippen MR) is 110 cm³/mol. The third-order valence-electron chi connectivity index (χ3n) is 4.32. The fourth-order valence-electron chi connectivity index (χ4n) is 2.78. The summed E-state index contributed by atoms with van der Waals surface area (Å²) in [6.07, 6.45) is 2.08. The number of hydrogen-bond acceptors (Lipinski definition) is 3. The molecule has 0 radical (unpaired) electrons. The van der Waals surface area contributed by atoms with Gasteiger partial charge < -0.3 is 5.32 Å². The van der Waals surface area contributed by atoms with Crippen molar-refractivity contribution in [3.05, 3.63) is 88.0 Å². The van der Waals surface area contributed by atoms with E-state index in [1.54, 1.807) is 19.1 Å². The smallest absolute Gasteiger partial charge is 0.261 e. The summed E-state index contributed by atoms with van der Waals surface area (Å²) in [5, 5.41) is 16.7. The van der Waals surface area contributed by atoms with Crippen LogP contribution in [0.25, 0.3) is 11.8 Å². The van der Waals surface area contributed by atoms with Crippen molar-refractivity contribution in [3.8, 4) is 11.8 Å². The van der Waals surface area contributed by atoms with Crippen LogP contribution in [-0.2, 0) is 11.2 Å². The minimum Gasteiger partial charge on any atom is -0.351 e. The van der Waals surface area contributed by atoms with Crippen molar-refractivity contribution >= 4 is 23.6 Å². The molecule has 1 amide bonds. The highest BCUT2D eigenvalue weighted by molar-refractivity contribution is 6.31. The summed E-state index contributed by atoms with van der Waals surface area (Å²) >= 11 is 6.42. The summed E-state index contributed by atoms with van der Waals surface area (Å²) in [6, 6.07) is 17.3. The molecule has 0 spiro atoms. The van der Waals surface area contributed by atoms with Crippen LogP contribution in [0.2, 0.25) is 5.15 Å². The molecule has 5 nitrogen and oxygen atoms in total. The highest BCUT2D eigenvalue weighted by Crippen LogP contribution is 2.26. The van der Waals surface area contributed by atoms with E-state index in [2.05, 4.69) is 10.4 Å². The predicted octanol–water partition coefficient (Wildman–Crippen LogP) is 4.24. The van der Waals surface area contributed by atoms with Crippen LogP contribution in [0.3, 0.4) is 0 Å². The lowest BCUT2D eigenvalue weighted by Gasteiger charge is -2.05. The third-order valence-corrected chi connectivity index (χ3v) is 4.68. The number of carbonyl (C=O) groups is 1. The number of aromatic nitrogens is 2. The summed E-state index contributed by atoms with van der Waals surface area (Å²) in [5.41, 5.74) is 2.61. The lowest BCUT2D eigenvalue weighted by Crippen LogP contribution is -2.26. The van der Waals surface area contributed by atoms with Crippen LogP contribution in [0.1, 0.15) is 16.8 Å². The number of carbonyl (C=O) groups excluding carboxylic acids is 1. The quantitative estimate of drug-likeness (QED) is 0.490. The van der Waals surface area contributed by atoms with Crippen LogP contribution < -0.4 is 5.32 Å². The van der Waals surface area contributed by atoms with E-state index in [1.807, 2.05) is 36.4 Å². The lowest BCUT2D eigenvalue weighted by atomic mass is 10.1. The van der Waals surface area contributed by atoms with E-state index in [4.69, 9.17) is 11.6 Å². The molecular formula is C22H18ClFN4O. The number of benzene rings is 2. The number of aryl methyl sites for hydroxylation is 1.